The van der Waals surface area contributed by atoms with E-state index in [1.165, 1.54) is 6.07 Å². The number of hydrogen-bond acceptors (Lipinski definition) is 4. The molecule has 0 saturated carbocycles. The summed E-state index contributed by atoms with van der Waals surface area (Å²) in [6, 6.07) is 2.53. The zero-order valence-corrected chi connectivity index (χ0v) is 8.98. The predicted octanol–water partition coefficient (Wildman–Crippen LogP) is 0.724. The molecule has 1 atom stereocenters. The maximum absolute atomic E-state index is 13.4. The highest BCUT2D eigenvalue weighted by Gasteiger charge is 2.28. The van der Waals surface area contributed by atoms with Crippen LogP contribution in [0.25, 0.3) is 0 Å². The quantitative estimate of drug-likeness (QED) is 0.815. The van der Waals surface area contributed by atoms with E-state index in [1.54, 1.807) is 0 Å². The van der Waals surface area contributed by atoms with Gasteiger partial charge in [0.25, 0.3) is 0 Å². The Morgan fingerprint density at radius 3 is 2.65 bits per heavy atom. The molecule has 0 spiro atoms. The summed E-state index contributed by atoms with van der Waals surface area (Å²) < 4.78 is 23.9. The van der Waals surface area contributed by atoms with Crippen molar-refractivity contribution in [2.45, 2.75) is 5.92 Å². The van der Waals surface area contributed by atoms with Crippen LogP contribution in [-0.2, 0) is 4.79 Å². The minimum Gasteiger partial charge on any atom is -0.486 e. The summed E-state index contributed by atoms with van der Waals surface area (Å²) in [4.78, 5) is 11.0. The lowest BCUT2D eigenvalue weighted by Gasteiger charge is -2.23. The van der Waals surface area contributed by atoms with Crippen LogP contribution >= 0.6 is 0 Å². The predicted molar refractivity (Wildman–Crippen MR) is 56.8 cm³/mol. The number of rotatable bonds is 3. The minimum absolute atomic E-state index is 0.0338. The van der Waals surface area contributed by atoms with Crippen LogP contribution in [0.1, 0.15) is 11.5 Å². The zero-order valence-electron chi connectivity index (χ0n) is 8.98. The summed E-state index contributed by atoms with van der Waals surface area (Å²) in [5, 5.41) is 9.03. The molecular weight excluding hydrogens is 229 g/mol. The number of carboxylic acids is 1. The van der Waals surface area contributed by atoms with Crippen LogP contribution in [0.4, 0.5) is 4.39 Å². The molecule has 0 fully saturated rings. The molecule has 1 unspecified atom stereocenters. The summed E-state index contributed by atoms with van der Waals surface area (Å²) >= 11 is 0. The molecule has 5 nitrogen and oxygen atoms in total. The zero-order chi connectivity index (χ0) is 12.4. The van der Waals surface area contributed by atoms with E-state index in [4.69, 9.17) is 20.3 Å². The molecule has 0 aliphatic carbocycles. The molecule has 2 rings (SSSR count). The first-order valence-corrected chi connectivity index (χ1v) is 5.16. The lowest BCUT2D eigenvalue weighted by Crippen LogP contribution is -2.24. The molecule has 0 radical (unpaired) electrons. The van der Waals surface area contributed by atoms with Crippen LogP contribution in [0.15, 0.2) is 12.1 Å². The second-order valence-corrected chi connectivity index (χ2v) is 3.62. The van der Waals surface area contributed by atoms with Gasteiger partial charge in [0.2, 0.25) is 0 Å². The maximum Gasteiger partial charge on any atom is 0.312 e. The van der Waals surface area contributed by atoms with Gasteiger partial charge in [-0.05, 0) is 6.07 Å². The van der Waals surface area contributed by atoms with Crippen molar-refractivity contribution in [2.24, 2.45) is 5.73 Å². The van der Waals surface area contributed by atoms with Crippen molar-refractivity contribution in [2.75, 3.05) is 19.8 Å². The highest BCUT2D eigenvalue weighted by molar-refractivity contribution is 5.78. The van der Waals surface area contributed by atoms with E-state index in [1.807, 2.05) is 0 Å². The summed E-state index contributed by atoms with van der Waals surface area (Å²) in [6.07, 6.45) is 0. The Labute approximate surface area is 96.9 Å². The molecule has 17 heavy (non-hydrogen) atoms. The van der Waals surface area contributed by atoms with Crippen molar-refractivity contribution < 1.29 is 23.8 Å². The number of aliphatic carboxylic acids is 1. The van der Waals surface area contributed by atoms with Gasteiger partial charge in [0, 0.05) is 12.1 Å². The first kappa shape index (κ1) is 11.7. The van der Waals surface area contributed by atoms with Gasteiger partial charge in [-0.1, -0.05) is 6.07 Å². The molecule has 1 heterocycles. The van der Waals surface area contributed by atoms with E-state index < -0.39 is 17.7 Å². The number of nitrogens with two attached hydrogens (primary N) is 1. The van der Waals surface area contributed by atoms with Crippen molar-refractivity contribution in [1.82, 2.24) is 0 Å². The lowest BCUT2D eigenvalue weighted by atomic mass is 9.97. The summed E-state index contributed by atoms with van der Waals surface area (Å²) in [6.45, 7) is 0.421. The topological polar surface area (TPSA) is 81.8 Å². The highest BCUT2D eigenvalue weighted by atomic mass is 19.1. The number of ether oxygens (including phenoxy) is 2. The molecule has 1 aliphatic rings. The van der Waals surface area contributed by atoms with Crippen LogP contribution in [0.2, 0.25) is 0 Å². The molecule has 0 saturated heterocycles. The molecular formula is C11H12FNO4. The molecule has 0 aromatic heterocycles. The van der Waals surface area contributed by atoms with Gasteiger partial charge in [0.15, 0.2) is 17.3 Å². The van der Waals surface area contributed by atoms with E-state index in [0.29, 0.717) is 5.56 Å². The van der Waals surface area contributed by atoms with Gasteiger partial charge in [-0.2, -0.15) is 0 Å². The van der Waals surface area contributed by atoms with Gasteiger partial charge in [-0.3, -0.25) is 4.79 Å². The Bertz CT molecular complexity index is 449. The Balaban J connectivity index is 2.51. The van der Waals surface area contributed by atoms with Gasteiger partial charge >= 0.3 is 5.97 Å². The third-order valence-corrected chi connectivity index (χ3v) is 2.58. The number of benzene rings is 1. The third-order valence-electron chi connectivity index (χ3n) is 2.58. The Hall–Kier alpha value is -1.82. The van der Waals surface area contributed by atoms with Gasteiger partial charge < -0.3 is 20.3 Å². The average Bonchev–Trinajstić information content (AvgIpc) is 2.33. The van der Waals surface area contributed by atoms with E-state index in [9.17, 15) is 9.18 Å². The van der Waals surface area contributed by atoms with Gasteiger partial charge in [0.1, 0.15) is 13.2 Å². The van der Waals surface area contributed by atoms with Crippen molar-refractivity contribution >= 4 is 5.97 Å². The molecule has 1 aliphatic heterocycles. The first-order chi connectivity index (χ1) is 8.15. The lowest BCUT2D eigenvalue weighted by molar-refractivity contribution is -0.138. The maximum atomic E-state index is 13.4. The fraction of sp³-hybridized carbons (Fsp3) is 0.364. The molecule has 1 aromatic carbocycles. The Kier molecular flexibility index (Phi) is 3.14. The Morgan fingerprint density at radius 2 is 2.06 bits per heavy atom. The van der Waals surface area contributed by atoms with Crippen LogP contribution in [0.3, 0.4) is 0 Å². The molecule has 1 aromatic rings. The first-order valence-electron chi connectivity index (χ1n) is 5.16. The van der Waals surface area contributed by atoms with Crippen molar-refractivity contribution in [1.29, 1.82) is 0 Å². The van der Waals surface area contributed by atoms with Gasteiger partial charge in [-0.25, -0.2) is 4.39 Å². The third kappa shape index (κ3) is 2.03. The van der Waals surface area contributed by atoms with Crippen LogP contribution in [0, 0.1) is 5.82 Å². The molecule has 0 bridgehead atoms. The highest BCUT2D eigenvalue weighted by Crippen LogP contribution is 2.39. The number of halogens is 1. The van der Waals surface area contributed by atoms with Crippen LogP contribution < -0.4 is 15.2 Å². The fourth-order valence-electron chi connectivity index (χ4n) is 1.76. The van der Waals surface area contributed by atoms with Crippen molar-refractivity contribution in [3.05, 3.63) is 23.5 Å². The monoisotopic (exact) mass is 241 g/mol. The minimum atomic E-state index is -1.07. The number of fused-ring (bicyclic) bond motifs is 1. The van der Waals surface area contributed by atoms with Crippen molar-refractivity contribution in [3.63, 3.8) is 0 Å². The summed E-state index contributed by atoms with van der Waals surface area (Å²) in [5.74, 6) is -2.45. The largest absolute Gasteiger partial charge is 0.486 e. The SMILES string of the molecule is NCC(C(=O)O)c1ccc(F)c2c1OCCO2. The fourth-order valence-corrected chi connectivity index (χ4v) is 1.76. The van der Waals surface area contributed by atoms with E-state index >= 15 is 0 Å². The molecule has 92 valence electrons. The van der Waals surface area contributed by atoms with Gasteiger partial charge in [0.05, 0.1) is 5.92 Å². The normalized spacial score (nSPS) is 15.4. The smallest absolute Gasteiger partial charge is 0.312 e. The molecule has 3 N–H and O–H groups in total. The Morgan fingerprint density at radius 1 is 1.41 bits per heavy atom. The van der Waals surface area contributed by atoms with E-state index in [-0.39, 0.29) is 31.3 Å². The summed E-state index contributed by atoms with van der Waals surface area (Å²) in [5.41, 5.74) is 5.75. The number of carboxylic acid groups (broad SMARTS) is 1. The van der Waals surface area contributed by atoms with Crippen LogP contribution in [-0.4, -0.2) is 30.8 Å². The summed E-state index contributed by atoms with van der Waals surface area (Å²) in [7, 11) is 0. The molecule has 0 amide bonds. The number of hydrogen-bond donors (Lipinski definition) is 2. The second kappa shape index (κ2) is 4.58. The van der Waals surface area contributed by atoms with Crippen LogP contribution in [0.5, 0.6) is 11.5 Å². The molecule has 6 heteroatoms. The second-order valence-electron chi connectivity index (χ2n) is 3.62. The number of carbonyl (C=O) groups is 1. The van der Waals surface area contributed by atoms with E-state index in [0.717, 1.165) is 6.07 Å². The van der Waals surface area contributed by atoms with Crippen molar-refractivity contribution in [3.8, 4) is 11.5 Å². The average molecular weight is 241 g/mol. The van der Waals surface area contributed by atoms with Gasteiger partial charge in [-0.15, -0.1) is 0 Å². The van der Waals surface area contributed by atoms with E-state index in [2.05, 4.69) is 0 Å². The standard InChI is InChI=1S/C11H12FNO4/c12-8-2-1-6(7(5-13)11(14)15)9-10(8)17-4-3-16-9/h1-2,7H,3-5,13H2,(H,14,15).